The van der Waals surface area contributed by atoms with Crippen LogP contribution in [0.15, 0.2) is 42.5 Å². The van der Waals surface area contributed by atoms with Crippen molar-refractivity contribution in [3.63, 3.8) is 0 Å². The summed E-state index contributed by atoms with van der Waals surface area (Å²) in [6.45, 7) is 5.61. The van der Waals surface area contributed by atoms with E-state index < -0.39 is 0 Å². The summed E-state index contributed by atoms with van der Waals surface area (Å²) in [5.41, 5.74) is 2.58. The minimum absolute atomic E-state index is 0.312. The number of hydrogen-bond donors (Lipinski definition) is 1. The summed E-state index contributed by atoms with van der Waals surface area (Å²) in [7, 11) is 0. The maximum absolute atomic E-state index is 10.3. The molecule has 2 heterocycles. The van der Waals surface area contributed by atoms with Gasteiger partial charge in [-0.2, -0.15) is 0 Å². The maximum Gasteiger partial charge on any atom is 0.121 e. The Morgan fingerprint density at radius 3 is 2.61 bits per heavy atom. The molecule has 0 bridgehead atoms. The van der Waals surface area contributed by atoms with Gasteiger partial charge in [-0.25, -0.2) is 0 Å². The van der Waals surface area contributed by atoms with Gasteiger partial charge in [0, 0.05) is 17.8 Å². The number of rotatable bonds is 0. The van der Waals surface area contributed by atoms with Crippen LogP contribution >= 0.6 is 0 Å². The predicted molar refractivity (Wildman–Crippen MR) is 74.5 cm³/mol. The maximum atomic E-state index is 10.3. The zero-order valence-electron chi connectivity index (χ0n) is 10.9. The molecule has 0 aromatic heterocycles. The highest BCUT2D eigenvalue weighted by Gasteiger charge is 2.52. The Balaban J connectivity index is 2.25. The molecule has 1 N–H and O–H groups in total. The Morgan fingerprint density at radius 2 is 1.83 bits per heavy atom. The average molecular weight is 241 g/mol. The van der Waals surface area contributed by atoms with Crippen molar-refractivity contribution in [1.82, 2.24) is 0 Å². The fraction of sp³-hybridized carbons (Fsp3) is 0.375. The Kier molecular flexibility index (Phi) is 2.47. The van der Waals surface area contributed by atoms with Crippen LogP contribution in [0.5, 0.6) is 5.75 Å². The van der Waals surface area contributed by atoms with Crippen molar-refractivity contribution in [2.45, 2.75) is 31.7 Å². The molecule has 0 spiro atoms. The van der Waals surface area contributed by atoms with Crippen molar-refractivity contribution in [2.75, 3.05) is 11.4 Å². The number of nitrogens with zero attached hydrogens (tertiary/aromatic N) is 1. The lowest BCUT2D eigenvalue weighted by atomic mass is 9.87. The summed E-state index contributed by atoms with van der Waals surface area (Å²) in [6, 6.07) is 13.8. The number of anilines is 1. The molecule has 1 aromatic rings. The highest BCUT2D eigenvalue weighted by molar-refractivity contribution is 5.68. The molecule has 0 amide bonds. The fourth-order valence-electron chi connectivity index (χ4n) is 3.15. The first kappa shape index (κ1) is 11.4. The van der Waals surface area contributed by atoms with Crippen LogP contribution in [-0.4, -0.2) is 17.2 Å². The van der Waals surface area contributed by atoms with Crippen LogP contribution in [0, 0.1) is 0 Å². The van der Waals surface area contributed by atoms with Crippen molar-refractivity contribution in [1.29, 1.82) is 0 Å². The zero-order valence-corrected chi connectivity index (χ0v) is 10.9. The van der Waals surface area contributed by atoms with Crippen molar-refractivity contribution >= 4 is 5.69 Å². The Morgan fingerprint density at radius 1 is 1.17 bits per heavy atom. The quantitative estimate of drug-likeness (QED) is 0.701. The Labute approximate surface area is 108 Å². The molecule has 2 unspecified atom stereocenters. The van der Waals surface area contributed by atoms with E-state index in [1.165, 1.54) is 5.69 Å². The summed E-state index contributed by atoms with van der Waals surface area (Å²) in [6.07, 6.45) is 1.12. The second-order valence-electron chi connectivity index (χ2n) is 5.67. The normalized spacial score (nSPS) is 27.9. The van der Waals surface area contributed by atoms with Gasteiger partial charge in [0.1, 0.15) is 5.75 Å². The molecule has 0 radical (unpaired) electrons. The van der Waals surface area contributed by atoms with Crippen molar-refractivity contribution < 1.29 is 5.11 Å². The smallest absolute Gasteiger partial charge is 0.121 e. The highest BCUT2D eigenvalue weighted by Crippen LogP contribution is 2.53. The minimum atomic E-state index is 0.312. The van der Waals surface area contributed by atoms with E-state index in [1.54, 1.807) is 6.07 Å². The van der Waals surface area contributed by atoms with E-state index in [9.17, 15) is 5.11 Å². The summed E-state index contributed by atoms with van der Waals surface area (Å²) in [5, 5.41) is 10.3. The van der Waals surface area contributed by atoms with Gasteiger partial charge in [0.2, 0.25) is 0 Å². The van der Waals surface area contributed by atoms with Crippen LogP contribution < -0.4 is 4.90 Å². The molecule has 0 saturated carbocycles. The molecule has 0 aliphatic carbocycles. The molecular weight excluding hydrogens is 222 g/mol. The molecule has 1 aromatic carbocycles. The van der Waals surface area contributed by atoms with Gasteiger partial charge in [-0.05, 0) is 31.4 Å². The third-order valence-corrected chi connectivity index (χ3v) is 4.08. The fourth-order valence-corrected chi connectivity index (χ4v) is 3.15. The van der Waals surface area contributed by atoms with E-state index in [0.717, 1.165) is 18.5 Å². The van der Waals surface area contributed by atoms with Crippen molar-refractivity contribution in [3.8, 4) is 5.75 Å². The second kappa shape index (κ2) is 3.91. The zero-order chi connectivity index (χ0) is 12.8. The van der Waals surface area contributed by atoms with E-state index in [-0.39, 0.29) is 0 Å². The third kappa shape index (κ3) is 1.72. The lowest BCUT2D eigenvalue weighted by molar-refractivity contribution is 0.452. The van der Waals surface area contributed by atoms with Crippen LogP contribution in [0.1, 0.15) is 31.7 Å². The lowest BCUT2D eigenvalue weighted by Gasteiger charge is -2.27. The molecule has 94 valence electrons. The van der Waals surface area contributed by atoms with Gasteiger partial charge >= 0.3 is 0 Å². The van der Waals surface area contributed by atoms with Gasteiger partial charge in [0.25, 0.3) is 0 Å². The summed E-state index contributed by atoms with van der Waals surface area (Å²) in [4.78, 5) is 2.39. The van der Waals surface area contributed by atoms with E-state index in [1.807, 2.05) is 24.3 Å². The van der Waals surface area contributed by atoms with Crippen LogP contribution in [0.3, 0.4) is 0 Å². The molecule has 3 rings (SSSR count). The predicted octanol–water partition coefficient (Wildman–Crippen LogP) is 3.60. The Bertz CT molecular complexity index is 539. The summed E-state index contributed by atoms with van der Waals surface area (Å²) in [5.74, 6) is 0.809. The van der Waals surface area contributed by atoms with Crippen LogP contribution in [-0.2, 0) is 0 Å². The van der Waals surface area contributed by atoms with E-state index in [2.05, 4.69) is 30.9 Å². The van der Waals surface area contributed by atoms with Crippen molar-refractivity contribution in [2.24, 2.45) is 0 Å². The lowest BCUT2D eigenvalue weighted by Crippen LogP contribution is -2.22. The molecule has 2 aliphatic heterocycles. The SMILES string of the molecule is CC1CC2(C)CN2c2cccccccc(O)c21. The van der Waals surface area contributed by atoms with Gasteiger partial charge in [-0.1, -0.05) is 37.3 Å². The Hall–Kier alpha value is -1.70. The minimum Gasteiger partial charge on any atom is -0.508 e. The van der Waals surface area contributed by atoms with Gasteiger partial charge in [-0.15, -0.1) is 0 Å². The molecule has 2 nitrogen and oxygen atoms in total. The first-order valence-electron chi connectivity index (χ1n) is 6.55. The first-order valence-corrected chi connectivity index (χ1v) is 6.55. The third-order valence-electron chi connectivity index (χ3n) is 4.08. The molecule has 1 saturated heterocycles. The molecule has 1 fully saturated rings. The number of aromatic hydroxyl groups is 1. The second-order valence-corrected chi connectivity index (χ2v) is 5.67. The van der Waals surface area contributed by atoms with Crippen LogP contribution in [0.4, 0.5) is 5.69 Å². The average Bonchev–Trinajstić information content (AvgIpc) is 2.98. The summed E-state index contributed by atoms with van der Waals surface area (Å²) < 4.78 is 0. The van der Waals surface area contributed by atoms with Gasteiger partial charge in [-0.3, -0.25) is 0 Å². The number of hydrogen-bond acceptors (Lipinski definition) is 2. The number of fused-ring (bicyclic) bond motifs is 3. The first-order chi connectivity index (χ1) is 8.62. The molecule has 2 aliphatic rings. The standard InChI is InChI=1S/C16H19NO/c1-12-10-16(2)11-17(16)13-8-6-4-3-5-7-9-14(18)15(12)13/h3-9,12,18H,10-11H2,1-2H3. The highest BCUT2D eigenvalue weighted by atomic mass is 16.3. The van der Waals surface area contributed by atoms with Gasteiger partial charge < -0.3 is 10.0 Å². The largest absolute Gasteiger partial charge is 0.508 e. The van der Waals surface area contributed by atoms with E-state index in [0.29, 0.717) is 17.2 Å². The van der Waals surface area contributed by atoms with Gasteiger partial charge in [0.05, 0.1) is 5.54 Å². The van der Waals surface area contributed by atoms with Crippen LogP contribution in [0.2, 0.25) is 0 Å². The monoisotopic (exact) mass is 241 g/mol. The molecular formula is C16H19NO. The van der Waals surface area contributed by atoms with E-state index >= 15 is 0 Å². The van der Waals surface area contributed by atoms with Crippen LogP contribution in [0.25, 0.3) is 0 Å². The molecule has 2 heteroatoms. The molecule has 18 heavy (non-hydrogen) atoms. The van der Waals surface area contributed by atoms with Gasteiger partial charge in [0.15, 0.2) is 0 Å². The van der Waals surface area contributed by atoms with E-state index in [4.69, 9.17) is 0 Å². The summed E-state index contributed by atoms with van der Waals surface area (Å²) >= 11 is 0. The molecule has 2 atom stereocenters. The topological polar surface area (TPSA) is 23.2 Å². The van der Waals surface area contributed by atoms with Crippen molar-refractivity contribution in [3.05, 3.63) is 48.0 Å².